The molecule has 4 aliphatic heterocycles. The van der Waals surface area contributed by atoms with Crippen molar-refractivity contribution in [2.75, 3.05) is 47.6 Å². The number of hydrogen-bond acceptors (Lipinski definition) is 23. The van der Waals surface area contributed by atoms with Crippen molar-refractivity contribution in [3.05, 3.63) is 109 Å². The van der Waals surface area contributed by atoms with Crippen molar-refractivity contribution >= 4 is 34.7 Å². The van der Waals surface area contributed by atoms with Gasteiger partial charge in [-0.05, 0) is 44.0 Å². The van der Waals surface area contributed by atoms with Gasteiger partial charge in [-0.1, -0.05) is 24.3 Å². The molecule has 14 atom stereocenters. The van der Waals surface area contributed by atoms with E-state index in [-0.39, 0.29) is 106 Å². The highest BCUT2D eigenvalue weighted by atomic mass is 16.7. The molecule has 4 fully saturated rings. The predicted molar refractivity (Wildman–Crippen MR) is 274 cm³/mol. The van der Waals surface area contributed by atoms with E-state index in [0.717, 1.165) is 0 Å². The van der Waals surface area contributed by atoms with Crippen LogP contribution in [0.15, 0.2) is 36.4 Å². The summed E-state index contributed by atoms with van der Waals surface area (Å²) < 4.78 is 50.5. The van der Waals surface area contributed by atoms with Crippen LogP contribution in [0.1, 0.15) is 143 Å². The second-order valence-electron chi connectivity index (χ2n) is 22.3. The summed E-state index contributed by atoms with van der Waals surface area (Å²) in [6, 6.07) is 7.95. The summed E-state index contributed by atoms with van der Waals surface area (Å²) in [7, 11) is 2.67. The summed E-state index contributed by atoms with van der Waals surface area (Å²) in [4.78, 5) is 87.7. The monoisotopic (exact) mass is 1120 g/mol. The number of nitrogens with zero attached hydrogens (tertiary/aromatic N) is 2. The number of hydrogen-bond donors (Lipinski definition) is 7. The van der Waals surface area contributed by atoms with Crippen molar-refractivity contribution in [1.82, 2.24) is 9.80 Å². The molecular weight excluding hydrogens is 1060 g/mol. The van der Waals surface area contributed by atoms with Gasteiger partial charge in [0.15, 0.2) is 35.7 Å². The number of methoxy groups -OCH3 is 2. The predicted octanol–water partition coefficient (Wildman–Crippen LogP) is 2.25. The van der Waals surface area contributed by atoms with E-state index in [9.17, 15) is 64.5 Å². The SMILES string of the molecule is COc1cccc2c1C(=O)c1c(O)c3c(c(C)c1C2=O)C[C@@](O)(C(=O)CO)C[C@@H]3O[C@H]1CC2[C@@H](OCN3CN2CO[C@H]2C3C[C@H](O[C@H]3C[C@](O)(C(=O)CO)Cc4c(O)c5c(c(O)c43)C(=O)c3c(OC)cccc3C5=O)O[C@H]2C)[C@H](C)O1. The molecule has 4 aromatic carbocycles. The minimum absolute atomic E-state index is 0.0276. The van der Waals surface area contributed by atoms with Gasteiger partial charge < -0.3 is 73.6 Å². The third-order valence-corrected chi connectivity index (χ3v) is 17.9. The van der Waals surface area contributed by atoms with Crippen molar-refractivity contribution in [1.29, 1.82) is 0 Å². The number of benzene rings is 4. The topological polar surface area (TPSA) is 324 Å². The van der Waals surface area contributed by atoms with Crippen LogP contribution in [0.3, 0.4) is 0 Å². The third-order valence-electron chi connectivity index (χ3n) is 17.9. The molecular formula is C58H60N2O21. The lowest BCUT2D eigenvalue weighted by Crippen LogP contribution is -2.57. The van der Waals surface area contributed by atoms with E-state index in [1.807, 2.05) is 9.80 Å². The number of ketones is 6. The van der Waals surface area contributed by atoms with Crippen LogP contribution in [0, 0.1) is 6.92 Å². The molecule has 0 aromatic heterocycles. The van der Waals surface area contributed by atoms with Crippen molar-refractivity contribution in [2.24, 2.45) is 0 Å². The summed E-state index contributed by atoms with van der Waals surface area (Å²) in [6.07, 6.45) is -9.45. The maximum atomic E-state index is 14.4. The Kier molecular flexibility index (Phi) is 13.6. The van der Waals surface area contributed by atoms with E-state index in [0.29, 0.717) is 0 Å². The molecule has 4 saturated heterocycles. The zero-order valence-electron chi connectivity index (χ0n) is 44.8. The molecule has 23 heteroatoms. The standard InChI is InChI=1S/C58H60N2O21/c1-23-28-14-57(72,36(63)18-61)16-34(43(28)53(70)45-40(23)48(65)26-8-6-10-32(74-4)41(26)51(45)68)80-38-12-30-55(24(2)78-38)76-22-60-20-59(30)21-77-56-25(3)79-39(13-31(56)60)81-35-17-58(73,37(64)19-62)15-29-44(35)54(71)47-46(50(29)67)49(66)27-9-7-11-33(75-5)42(27)52(47)69/h6-11,24-25,30-31,34-35,38-39,55-56,61-62,67,70-73H,12-22H2,1-5H3/t24-,25-,30?,31?,34-,35-,38-,39-,55-,56+,57-,58-/m0/s1. The minimum atomic E-state index is -2.37. The number of phenols is 3. The van der Waals surface area contributed by atoms with E-state index in [2.05, 4.69) is 0 Å². The van der Waals surface area contributed by atoms with Gasteiger partial charge in [0.2, 0.25) is 11.6 Å². The highest BCUT2D eigenvalue weighted by molar-refractivity contribution is 6.32. The van der Waals surface area contributed by atoms with Gasteiger partial charge in [0.1, 0.15) is 78.8 Å². The van der Waals surface area contributed by atoms with Crippen molar-refractivity contribution in [3.63, 3.8) is 0 Å². The van der Waals surface area contributed by atoms with Crippen LogP contribution in [-0.4, -0.2) is 188 Å². The summed E-state index contributed by atoms with van der Waals surface area (Å²) >= 11 is 0. The molecule has 0 saturated carbocycles. The van der Waals surface area contributed by atoms with Gasteiger partial charge in [-0.3, -0.25) is 38.6 Å². The maximum Gasteiger partial charge on any atom is 0.202 e. The fourth-order valence-corrected chi connectivity index (χ4v) is 13.9. The first-order valence-electron chi connectivity index (χ1n) is 26.7. The number of carbonyl (C=O) groups is 6. The average molecular weight is 1120 g/mol. The summed E-state index contributed by atoms with van der Waals surface area (Å²) in [5.74, 6) is -6.63. The van der Waals surface area contributed by atoms with E-state index in [1.54, 1.807) is 26.8 Å². The number of phenolic OH excluding ortho intramolecular Hbond substituents is 3. The Morgan fingerprint density at radius 2 is 1.02 bits per heavy atom. The molecule has 4 unspecified atom stereocenters. The van der Waals surface area contributed by atoms with Crippen LogP contribution in [0.4, 0.5) is 0 Å². The van der Waals surface area contributed by atoms with Gasteiger partial charge in [0, 0.05) is 84.0 Å². The quantitative estimate of drug-likeness (QED) is 0.0968. The Labute approximate surface area is 462 Å². The molecule has 4 aromatic rings. The smallest absolute Gasteiger partial charge is 0.202 e. The molecule has 2 bridgehead atoms. The molecule has 7 N–H and O–H groups in total. The first kappa shape index (κ1) is 55.0. The van der Waals surface area contributed by atoms with E-state index >= 15 is 0 Å². The first-order valence-corrected chi connectivity index (χ1v) is 26.7. The van der Waals surface area contributed by atoms with Crippen LogP contribution in [0.2, 0.25) is 0 Å². The highest BCUT2D eigenvalue weighted by Gasteiger charge is 2.55. The van der Waals surface area contributed by atoms with Gasteiger partial charge in [-0.25, -0.2) is 0 Å². The zero-order valence-corrected chi connectivity index (χ0v) is 44.8. The Bertz CT molecular complexity index is 3180. The van der Waals surface area contributed by atoms with Gasteiger partial charge in [0.25, 0.3) is 0 Å². The number of ether oxygens (including phenoxy) is 8. The Morgan fingerprint density at radius 1 is 0.605 bits per heavy atom. The second-order valence-corrected chi connectivity index (χ2v) is 22.3. The van der Waals surface area contributed by atoms with E-state index in [4.69, 9.17) is 37.9 Å². The van der Waals surface area contributed by atoms with Gasteiger partial charge in [0.05, 0.1) is 73.1 Å². The highest BCUT2D eigenvalue weighted by Crippen LogP contribution is 2.54. The largest absolute Gasteiger partial charge is 0.507 e. The molecule has 4 heterocycles. The van der Waals surface area contributed by atoms with Crippen molar-refractivity contribution < 1.29 is 102 Å². The second kappa shape index (κ2) is 20.1. The van der Waals surface area contributed by atoms with E-state index in [1.165, 1.54) is 44.6 Å². The molecule has 428 valence electrons. The molecule has 12 rings (SSSR count). The Balaban J connectivity index is 0.823. The normalized spacial score (nSPS) is 32.8. The molecule has 0 spiro atoms. The fourth-order valence-electron chi connectivity index (χ4n) is 13.9. The van der Waals surface area contributed by atoms with Crippen molar-refractivity contribution in [3.8, 4) is 28.7 Å². The van der Waals surface area contributed by atoms with Gasteiger partial charge in [-0.15, -0.1) is 0 Å². The number of aromatic hydroxyl groups is 3. The van der Waals surface area contributed by atoms with Crippen LogP contribution >= 0.6 is 0 Å². The van der Waals surface area contributed by atoms with Crippen LogP contribution in [0.25, 0.3) is 0 Å². The fraction of sp³-hybridized carbons (Fsp3) is 0.483. The number of aliphatic hydroxyl groups excluding tert-OH is 2. The van der Waals surface area contributed by atoms with E-state index < -0.39 is 174 Å². The average Bonchev–Trinajstić information content (AvgIpc) is 2.41. The summed E-state index contributed by atoms with van der Waals surface area (Å²) in [6.45, 7) is 3.37. The summed E-state index contributed by atoms with van der Waals surface area (Å²) in [5.41, 5.74) is -6.05. The molecule has 4 aliphatic carbocycles. The third kappa shape index (κ3) is 8.38. The molecule has 23 nitrogen and oxygen atoms in total. The Hall–Kier alpha value is -6.58. The van der Waals surface area contributed by atoms with Crippen LogP contribution in [0.5, 0.6) is 28.7 Å². The minimum Gasteiger partial charge on any atom is -0.507 e. The summed E-state index contributed by atoms with van der Waals surface area (Å²) in [5, 5.41) is 80.3. The molecule has 0 radical (unpaired) electrons. The number of fused-ring (bicyclic) bond motifs is 12. The van der Waals surface area contributed by atoms with Crippen molar-refractivity contribution in [2.45, 2.75) is 132 Å². The van der Waals surface area contributed by atoms with Crippen LogP contribution in [-0.2, 0) is 50.9 Å². The van der Waals surface area contributed by atoms with Gasteiger partial charge in [-0.2, -0.15) is 0 Å². The lowest BCUT2D eigenvalue weighted by molar-refractivity contribution is -0.280. The zero-order chi connectivity index (χ0) is 57.5. The molecule has 81 heavy (non-hydrogen) atoms. The first-order chi connectivity index (χ1) is 38.7. The molecule has 0 amide bonds. The van der Waals surface area contributed by atoms with Crippen LogP contribution < -0.4 is 9.47 Å². The number of rotatable bonds is 10. The number of Topliss-reactive ketones (excluding diaryl/α,β-unsaturated/α-hetero) is 2. The van der Waals surface area contributed by atoms with Gasteiger partial charge >= 0.3 is 0 Å². The number of carbonyl (C=O) groups excluding carboxylic acids is 6. The molecule has 8 aliphatic rings. The number of aliphatic hydroxyl groups is 4. The maximum absolute atomic E-state index is 14.4. The lowest BCUT2D eigenvalue weighted by Gasteiger charge is -2.46. The Morgan fingerprint density at radius 3 is 1.48 bits per heavy atom. The lowest BCUT2D eigenvalue weighted by atomic mass is 9.70.